The second kappa shape index (κ2) is 15.8. The average molecular weight is 671 g/mol. The Bertz CT molecular complexity index is 1650. The van der Waals surface area contributed by atoms with E-state index in [1.165, 1.54) is 4.80 Å². The van der Waals surface area contributed by atoms with E-state index in [-0.39, 0.29) is 28.8 Å². The lowest BCUT2D eigenvalue weighted by molar-refractivity contribution is -0.123. The van der Waals surface area contributed by atoms with Crippen LogP contribution in [-0.4, -0.2) is 61.6 Å². The van der Waals surface area contributed by atoms with Gasteiger partial charge in [-0.25, -0.2) is 0 Å². The van der Waals surface area contributed by atoms with Gasteiger partial charge in [0.2, 0.25) is 0 Å². The first-order valence-corrected chi connectivity index (χ1v) is 18.6. The van der Waals surface area contributed by atoms with Gasteiger partial charge >= 0.3 is 0 Å². The van der Waals surface area contributed by atoms with Crippen LogP contribution < -0.4 is 5.32 Å². The van der Waals surface area contributed by atoms with E-state index in [9.17, 15) is 9.90 Å². The molecule has 8 nitrogen and oxygen atoms in total. The number of carbonyl (C=O) groups is 1. The molecule has 9 heteroatoms. The van der Waals surface area contributed by atoms with E-state index in [4.69, 9.17) is 19.7 Å². The van der Waals surface area contributed by atoms with Crippen molar-refractivity contribution in [2.75, 3.05) is 19.8 Å². The smallest absolute Gasteiger partial charge is 0.251 e. The molecule has 0 aliphatic carbocycles. The molecule has 0 saturated heterocycles. The van der Waals surface area contributed by atoms with E-state index in [1.807, 2.05) is 44.2 Å². The van der Waals surface area contributed by atoms with Crippen LogP contribution in [-0.2, 0) is 20.3 Å². The van der Waals surface area contributed by atoms with Crippen LogP contribution in [0, 0.1) is 5.41 Å². The normalized spacial score (nSPS) is 12.6. The second-order valence-corrected chi connectivity index (χ2v) is 16.3. The number of phenolic OH excluding ortho intramolecular Hbond substituents is 1. The first-order chi connectivity index (χ1) is 22.7. The second-order valence-electron chi connectivity index (χ2n) is 14.9. The molecular weight excluding hydrogens is 617 g/mol. The maximum absolute atomic E-state index is 13.0. The number of nitrogens with one attached hydrogen (secondary N) is 1. The Morgan fingerprint density at radius 3 is 2.21 bits per heavy atom. The predicted molar refractivity (Wildman–Crippen MR) is 196 cm³/mol. The summed E-state index contributed by atoms with van der Waals surface area (Å²) in [6, 6.07) is 21.7. The standard InChI is InChI=1S/C39H54N4O4Si/c1-10-46-34(47-11-2)25-48-21-15-20-40-36(45)27-18-19-31-32(22-27)42-43(41-31)33-24-29(38(6,7)26-37(3,4)5)23-30(35(33)44)39(8,9)28-16-13-12-14-17-28/h12-14,16-19,22-24,34,44H,10-11,15,20-21,25-26H2,1-9H3,(H,40,45). The van der Waals surface area contributed by atoms with E-state index in [2.05, 4.69) is 72.0 Å². The van der Waals surface area contributed by atoms with Gasteiger partial charge in [-0.1, -0.05) is 90.9 Å². The zero-order valence-corrected chi connectivity index (χ0v) is 31.3. The maximum Gasteiger partial charge on any atom is 0.251 e. The number of amides is 1. The van der Waals surface area contributed by atoms with Gasteiger partial charge in [0.1, 0.15) is 22.5 Å². The largest absolute Gasteiger partial charge is 0.505 e. The van der Waals surface area contributed by atoms with Gasteiger partial charge in [0.05, 0.1) is 0 Å². The number of aromatic hydroxyl groups is 1. The van der Waals surface area contributed by atoms with Crippen LogP contribution in [0.3, 0.4) is 0 Å². The molecule has 0 fully saturated rings. The van der Waals surface area contributed by atoms with Gasteiger partial charge in [-0.3, -0.25) is 4.79 Å². The summed E-state index contributed by atoms with van der Waals surface area (Å²) >= 11 is 0. The Balaban J connectivity index is 1.59. The number of aromatic nitrogens is 3. The van der Waals surface area contributed by atoms with Crippen LogP contribution in [0.5, 0.6) is 5.75 Å². The summed E-state index contributed by atoms with van der Waals surface area (Å²) in [5.74, 6) is 0.00365. The number of fused-ring (bicyclic) bond motifs is 1. The van der Waals surface area contributed by atoms with Crippen molar-refractivity contribution in [3.63, 3.8) is 0 Å². The van der Waals surface area contributed by atoms with Gasteiger partial charge < -0.3 is 19.9 Å². The third kappa shape index (κ3) is 9.33. The summed E-state index contributed by atoms with van der Waals surface area (Å²) in [6.07, 6.45) is 1.69. The zero-order valence-electron chi connectivity index (χ0n) is 30.3. The Morgan fingerprint density at radius 1 is 0.896 bits per heavy atom. The number of carbonyl (C=O) groups excluding carboxylic acids is 1. The molecule has 2 N–H and O–H groups in total. The molecule has 258 valence electrons. The van der Waals surface area contributed by atoms with Gasteiger partial charge in [-0.15, -0.1) is 15.0 Å². The lowest BCUT2D eigenvalue weighted by Crippen LogP contribution is -2.27. The van der Waals surface area contributed by atoms with Crippen molar-refractivity contribution < 1.29 is 19.4 Å². The summed E-state index contributed by atoms with van der Waals surface area (Å²) in [7, 11) is 0.713. The molecule has 48 heavy (non-hydrogen) atoms. The first kappa shape index (κ1) is 37.3. The average Bonchev–Trinajstić information content (AvgIpc) is 3.45. The van der Waals surface area contributed by atoms with E-state index in [1.54, 1.807) is 12.1 Å². The lowest BCUT2D eigenvalue weighted by Gasteiger charge is -2.35. The number of phenols is 1. The van der Waals surface area contributed by atoms with Gasteiger partial charge in [-0.05, 0) is 79.0 Å². The number of ether oxygens (including phenoxy) is 2. The topological polar surface area (TPSA) is 98.5 Å². The van der Waals surface area contributed by atoms with Gasteiger partial charge in [0, 0.05) is 45.8 Å². The van der Waals surface area contributed by atoms with E-state index < -0.39 is 5.41 Å². The molecule has 0 saturated carbocycles. The third-order valence-electron chi connectivity index (χ3n) is 8.70. The van der Waals surface area contributed by atoms with Crippen LogP contribution in [0.1, 0.15) is 102 Å². The summed E-state index contributed by atoms with van der Waals surface area (Å²) in [5, 5.41) is 24.5. The maximum atomic E-state index is 13.0. The fourth-order valence-corrected chi connectivity index (χ4v) is 7.62. The highest BCUT2D eigenvalue weighted by Gasteiger charge is 2.34. The molecule has 0 aliphatic rings. The molecule has 0 unspecified atom stereocenters. The minimum atomic E-state index is -0.486. The van der Waals surface area contributed by atoms with Crippen molar-refractivity contribution in [1.29, 1.82) is 0 Å². The monoisotopic (exact) mass is 670 g/mol. The van der Waals surface area contributed by atoms with Crippen molar-refractivity contribution in [3.8, 4) is 11.4 Å². The summed E-state index contributed by atoms with van der Waals surface area (Å²) in [4.78, 5) is 14.6. The van der Waals surface area contributed by atoms with Crippen molar-refractivity contribution in [2.24, 2.45) is 5.41 Å². The molecule has 4 aromatic rings. The summed E-state index contributed by atoms with van der Waals surface area (Å²) < 4.78 is 11.2. The van der Waals surface area contributed by atoms with Crippen molar-refractivity contribution in [3.05, 3.63) is 82.9 Å². The highest BCUT2D eigenvalue weighted by molar-refractivity contribution is 6.35. The zero-order chi connectivity index (χ0) is 35.1. The highest BCUT2D eigenvalue weighted by atomic mass is 28.2. The Labute approximate surface area is 289 Å². The molecular formula is C39H54N4O4Si. The molecule has 3 aromatic carbocycles. The number of rotatable bonds is 16. The van der Waals surface area contributed by atoms with E-state index >= 15 is 0 Å². The number of hydrogen-bond donors (Lipinski definition) is 2. The first-order valence-electron chi connectivity index (χ1n) is 17.2. The SMILES string of the molecule is CCOC(C[Si]CCCNC(=O)c1ccc2nn(-c3cc(C(C)(C)CC(C)(C)C)cc(C(C)(C)c4ccccc4)c3O)nc2c1)OCC. The molecule has 2 radical (unpaired) electrons. The van der Waals surface area contributed by atoms with Crippen LogP contribution in [0.2, 0.25) is 12.1 Å². The van der Waals surface area contributed by atoms with Crippen LogP contribution in [0.15, 0.2) is 60.7 Å². The fourth-order valence-electron chi connectivity index (χ4n) is 6.52. The molecule has 0 aliphatic heterocycles. The Hall–Kier alpha value is -3.53. The van der Waals surface area contributed by atoms with E-state index in [0.717, 1.165) is 41.6 Å². The summed E-state index contributed by atoms with van der Waals surface area (Å²) in [6.45, 7) is 21.4. The molecule has 4 rings (SSSR count). The number of hydrogen-bond acceptors (Lipinski definition) is 6. The van der Waals surface area contributed by atoms with Crippen LogP contribution in [0.4, 0.5) is 0 Å². The molecule has 1 aromatic heterocycles. The Kier molecular flexibility index (Phi) is 12.3. The van der Waals surface area contributed by atoms with Crippen molar-refractivity contribution >= 4 is 26.5 Å². The third-order valence-corrected chi connectivity index (χ3v) is 10.0. The van der Waals surface area contributed by atoms with Crippen LogP contribution in [0.25, 0.3) is 16.7 Å². The van der Waals surface area contributed by atoms with Gasteiger partial charge in [0.25, 0.3) is 5.91 Å². The Morgan fingerprint density at radius 2 is 1.56 bits per heavy atom. The van der Waals surface area contributed by atoms with E-state index in [0.29, 0.717) is 51.6 Å². The van der Waals surface area contributed by atoms with Crippen LogP contribution >= 0.6 is 0 Å². The highest BCUT2D eigenvalue weighted by Crippen LogP contribution is 2.44. The summed E-state index contributed by atoms with van der Waals surface area (Å²) in [5.41, 5.74) is 4.74. The molecule has 0 atom stereocenters. The minimum Gasteiger partial charge on any atom is -0.505 e. The van der Waals surface area contributed by atoms with Gasteiger partial charge in [0.15, 0.2) is 6.29 Å². The quantitative estimate of drug-likeness (QED) is 0.0708. The molecule has 1 heterocycles. The molecule has 0 bridgehead atoms. The van der Waals surface area contributed by atoms with Gasteiger partial charge in [-0.2, -0.15) is 0 Å². The van der Waals surface area contributed by atoms with Crippen molar-refractivity contribution in [1.82, 2.24) is 20.3 Å². The lowest BCUT2D eigenvalue weighted by atomic mass is 9.70. The minimum absolute atomic E-state index is 0.100. The number of benzene rings is 3. The molecule has 0 spiro atoms. The molecule has 1 amide bonds. The predicted octanol–water partition coefficient (Wildman–Crippen LogP) is 8.23. The van der Waals surface area contributed by atoms with Crippen molar-refractivity contribution in [2.45, 2.75) is 104 Å². The number of nitrogens with zero attached hydrogens (tertiary/aromatic N) is 3. The fraction of sp³-hybridized carbons (Fsp3) is 0.513.